The van der Waals surface area contributed by atoms with Crippen LogP contribution in [-0.4, -0.2) is 12.6 Å². The fourth-order valence-corrected chi connectivity index (χ4v) is 2.23. The van der Waals surface area contributed by atoms with Gasteiger partial charge in [-0.05, 0) is 43.6 Å². The lowest BCUT2D eigenvalue weighted by Gasteiger charge is -2.30. The Morgan fingerprint density at radius 3 is 1.93 bits per heavy atom. The summed E-state index contributed by atoms with van der Waals surface area (Å²) in [5, 5.41) is 3.56. The molecule has 15 heavy (non-hydrogen) atoms. The molecule has 0 rings (SSSR count). The Hall–Kier alpha value is -0.0400. The molecule has 0 fully saturated rings. The zero-order valence-electron chi connectivity index (χ0n) is 11.9. The van der Waals surface area contributed by atoms with Gasteiger partial charge in [-0.25, -0.2) is 0 Å². The summed E-state index contributed by atoms with van der Waals surface area (Å²) in [5.74, 6) is 1.59. The maximum atomic E-state index is 3.56. The van der Waals surface area contributed by atoms with Gasteiger partial charge in [-0.15, -0.1) is 0 Å². The Kier molecular flexibility index (Phi) is 6.51. The molecule has 2 unspecified atom stereocenters. The molecular formula is C14H31N. The largest absolute Gasteiger partial charge is 0.314 e. The molecule has 0 heterocycles. The van der Waals surface area contributed by atoms with Crippen LogP contribution in [0.3, 0.4) is 0 Å². The van der Waals surface area contributed by atoms with Gasteiger partial charge >= 0.3 is 0 Å². The Bertz CT molecular complexity index is 155. The first kappa shape index (κ1) is 15.0. The van der Waals surface area contributed by atoms with Crippen molar-refractivity contribution in [2.45, 2.75) is 67.3 Å². The molecule has 0 radical (unpaired) electrons. The summed E-state index contributed by atoms with van der Waals surface area (Å²) in [4.78, 5) is 0. The fraction of sp³-hybridized carbons (Fsp3) is 1.00. The Morgan fingerprint density at radius 1 is 1.07 bits per heavy atom. The molecule has 0 bridgehead atoms. The summed E-state index contributed by atoms with van der Waals surface area (Å²) in [6.07, 6.45) is 2.67. The third-order valence-electron chi connectivity index (χ3n) is 3.25. The second-order valence-electron chi connectivity index (χ2n) is 6.35. The van der Waals surface area contributed by atoms with Crippen LogP contribution < -0.4 is 5.32 Å². The van der Waals surface area contributed by atoms with E-state index in [2.05, 4.69) is 53.8 Å². The van der Waals surface area contributed by atoms with Crippen molar-refractivity contribution >= 4 is 0 Å². The van der Waals surface area contributed by atoms with Crippen molar-refractivity contribution in [2.75, 3.05) is 6.54 Å². The first-order chi connectivity index (χ1) is 6.78. The van der Waals surface area contributed by atoms with Crippen molar-refractivity contribution in [3.8, 4) is 0 Å². The second-order valence-corrected chi connectivity index (χ2v) is 6.35. The van der Waals surface area contributed by atoms with Crippen molar-refractivity contribution in [2.24, 2.45) is 17.3 Å². The van der Waals surface area contributed by atoms with Crippen molar-refractivity contribution in [1.82, 2.24) is 5.32 Å². The minimum absolute atomic E-state index is 0.471. The van der Waals surface area contributed by atoms with Crippen molar-refractivity contribution in [3.63, 3.8) is 0 Å². The Morgan fingerprint density at radius 2 is 1.60 bits per heavy atom. The summed E-state index contributed by atoms with van der Waals surface area (Å²) in [5.41, 5.74) is 0.471. The SMILES string of the molecule is CCNC(C)C(CCC(C)(C)C)C(C)C. The summed E-state index contributed by atoms with van der Waals surface area (Å²) in [6.45, 7) is 17.3. The molecule has 1 N–H and O–H groups in total. The van der Waals surface area contributed by atoms with E-state index in [9.17, 15) is 0 Å². The van der Waals surface area contributed by atoms with E-state index < -0.39 is 0 Å². The lowest BCUT2D eigenvalue weighted by atomic mass is 9.80. The van der Waals surface area contributed by atoms with E-state index in [0.29, 0.717) is 11.5 Å². The minimum atomic E-state index is 0.471. The molecule has 2 atom stereocenters. The van der Waals surface area contributed by atoms with Crippen LogP contribution in [0.1, 0.15) is 61.3 Å². The van der Waals surface area contributed by atoms with Crippen LogP contribution >= 0.6 is 0 Å². The summed E-state index contributed by atoms with van der Waals surface area (Å²) in [7, 11) is 0. The van der Waals surface area contributed by atoms with Gasteiger partial charge in [-0.2, -0.15) is 0 Å². The van der Waals surface area contributed by atoms with Gasteiger partial charge in [-0.1, -0.05) is 41.5 Å². The van der Waals surface area contributed by atoms with Crippen LogP contribution in [-0.2, 0) is 0 Å². The zero-order valence-corrected chi connectivity index (χ0v) is 11.9. The molecule has 0 aliphatic carbocycles. The molecule has 0 aliphatic heterocycles. The van der Waals surface area contributed by atoms with Gasteiger partial charge in [0, 0.05) is 6.04 Å². The quantitative estimate of drug-likeness (QED) is 0.701. The molecule has 92 valence electrons. The van der Waals surface area contributed by atoms with Gasteiger partial charge in [0.1, 0.15) is 0 Å². The smallest absolute Gasteiger partial charge is 0.00693 e. The normalized spacial score (nSPS) is 16.8. The van der Waals surface area contributed by atoms with E-state index in [4.69, 9.17) is 0 Å². The maximum Gasteiger partial charge on any atom is 0.00693 e. The van der Waals surface area contributed by atoms with Gasteiger partial charge in [0.2, 0.25) is 0 Å². The lowest BCUT2D eigenvalue weighted by molar-refractivity contribution is 0.233. The van der Waals surface area contributed by atoms with E-state index in [1.54, 1.807) is 0 Å². The first-order valence-corrected chi connectivity index (χ1v) is 6.51. The van der Waals surface area contributed by atoms with E-state index in [-0.39, 0.29) is 0 Å². The van der Waals surface area contributed by atoms with Crippen LogP contribution in [0.4, 0.5) is 0 Å². The molecule has 0 aromatic rings. The Balaban J connectivity index is 4.16. The van der Waals surface area contributed by atoms with E-state index >= 15 is 0 Å². The van der Waals surface area contributed by atoms with Gasteiger partial charge in [0.05, 0.1) is 0 Å². The fourth-order valence-electron chi connectivity index (χ4n) is 2.23. The molecule has 0 spiro atoms. The predicted molar refractivity (Wildman–Crippen MR) is 70.2 cm³/mol. The number of rotatable bonds is 6. The highest BCUT2D eigenvalue weighted by Crippen LogP contribution is 2.28. The highest BCUT2D eigenvalue weighted by atomic mass is 14.9. The number of nitrogens with one attached hydrogen (secondary N) is 1. The molecule has 0 aromatic carbocycles. The van der Waals surface area contributed by atoms with E-state index in [1.807, 2.05) is 0 Å². The highest BCUT2D eigenvalue weighted by Gasteiger charge is 2.22. The lowest BCUT2D eigenvalue weighted by Crippen LogP contribution is -2.36. The molecule has 0 aliphatic rings. The summed E-state index contributed by atoms with van der Waals surface area (Å²) < 4.78 is 0. The average Bonchev–Trinajstić information content (AvgIpc) is 2.01. The van der Waals surface area contributed by atoms with E-state index in [0.717, 1.165) is 18.4 Å². The average molecular weight is 213 g/mol. The summed E-state index contributed by atoms with van der Waals surface area (Å²) >= 11 is 0. The van der Waals surface area contributed by atoms with Crippen LogP contribution in [0.2, 0.25) is 0 Å². The standard InChI is InChI=1S/C14H31N/c1-8-15-12(4)13(11(2)3)9-10-14(5,6)7/h11-13,15H,8-10H2,1-7H3. The van der Waals surface area contributed by atoms with Crippen LogP contribution in [0.5, 0.6) is 0 Å². The minimum Gasteiger partial charge on any atom is -0.314 e. The third kappa shape index (κ3) is 6.94. The number of hydrogen-bond donors (Lipinski definition) is 1. The summed E-state index contributed by atoms with van der Waals surface area (Å²) in [6, 6.07) is 0.650. The molecule has 1 nitrogen and oxygen atoms in total. The van der Waals surface area contributed by atoms with Gasteiger partial charge in [0.25, 0.3) is 0 Å². The highest BCUT2D eigenvalue weighted by molar-refractivity contribution is 4.76. The monoisotopic (exact) mass is 213 g/mol. The first-order valence-electron chi connectivity index (χ1n) is 6.51. The maximum absolute atomic E-state index is 3.56. The van der Waals surface area contributed by atoms with Crippen LogP contribution in [0.15, 0.2) is 0 Å². The van der Waals surface area contributed by atoms with Gasteiger partial charge in [0.15, 0.2) is 0 Å². The molecule has 0 amide bonds. The van der Waals surface area contributed by atoms with Crippen molar-refractivity contribution < 1.29 is 0 Å². The Labute approximate surface area is 97.0 Å². The van der Waals surface area contributed by atoms with Crippen molar-refractivity contribution in [3.05, 3.63) is 0 Å². The zero-order chi connectivity index (χ0) is 12.1. The third-order valence-corrected chi connectivity index (χ3v) is 3.25. The molecular weight excluding hydrogens is 182 g/mol. The van der Waals surface area contributed by atoms with Crippen LogP contribution in [0.25, 0.3) is 0 Å². The molecule has 1 heteroatoms. The van der Waals surface area contributed by atoms with Crippen molar-refractivity contribution in [1.29, 1.82) is 0 Å². The van der Waals surface area contributed by atoms with Gasteiger partial charge in [-0.3, -0.25) is 0 Å². The molecule has 0 saturated carbocycles. The number of hydrogen-bond acceptors (Lipinski definition) is 1. The predicted octanol–water partition coefficient (Wildman–Crippen LogP) is 4.08. The molecule has 0 saturated heterocycles. The topological polar surface area (TPSA) is 12.0 Å². The second kappa shape index (κ2) is 6.52. The van der Waals surface area contributed by atoms with Crippen LogP contribution in [0, 0.1) is 17.3 Å². The van der Waals surface area contributed by atoms with Gasteiger partial charge < -0.3 is 5.32 Å². The molecule has 0 aromatic heterocycles. The van der Waals surface area contributed by atoms with E-state index in [1.165, 1.54) is 12.8 Å².